The second-order valence-corrected chi connectivity index (χ2v) is 3.97. The zero-order valence-electron chi connectivity index (χ0n) is 8.79. The van der Waals surface area contributed by atoms with Gasteiger partial charge in [-0.1, -0.05) is 24.4 Å². The van der Waals surface area contributed by atoms with Crippen molar-refractivity contribution >= 4 is 17.2 Å². The van der Waals surface area contributed by atoms with E-state index >= 15 is 0 Å². The minimum absolute atomic E-state index is 0.0830. The van der Waals surface area contributed by atoms with Crippen LogP contribution >= 0.6 is 12.2 Å². The summed E-state index contributed by atoms with van der Waals surface area (Å²) >= 11 is 4.75. The van der Waals surface area contributed by atoms with E-state index < -0.39 is 0 Å². The van der Waals surface area contributed by atoms with Crippen molar-refractivity contribution in [2.45, 2.75) is 26.6 Å². The van der Waals surface area contributed by atoms with Gasteiger partial charge < -0.3 is 10.5 Å². The minimum Gasteiger partial charge on any atom is -0.389 e. The number of benzene rings is 1. The van der Waals surface area contributed by atoms with Crippen molar-refractivity contribution in [2.24, 2.45) is 5.73 Å². The number of thiocarbonyl (C=S) groups is 1. The normalized spacial score (nSPS) is 10.7. The fraction of sp³-hybridized carbons (Fsp3) is 0.364. The van der Waals surface area contributed by atoms with Gasteiger partial charge in [0, 0.05) is 11.1 Å². The Morgan fingerprint density at radius 1 is 1.53 bits per heavy atom. The first kappa shape index (κ1) is 12.1. The topological polar surface area (TPSA) is 35.2 Å². The van der Waals surface area contributed by atoms with Gasteiger partial charge in [0.05, 0.1) is 12.7 Å². The number of halogens is 1. The standard InChI is InChI=1S/C11H14FNOS/c1-7(2)14-6-9-4-3-8(11(13)15)5-10(9)12/h3-5,7H,6H2,1-2H3,(H2,13,15). The second-order valence-electron chi connectivity index (χ2n) is 3.53. The summed E-state index contributed by atoms with van der Waals surface area (Å²) in [6.45, 7) is 4.07. The predicted octanol–water partition coefficient (Wildman–Crippen LogP) is 2.38. The van der Waals surface area contributed by atoms with E-state index in [0.29, 0.717) is 11.1 Å². The maximum absolute atomic E-state index is 13.5. The van der Waals surface area contributed by atoms with Gasteiger partial charge in [-0.05, 0) is 19.9 Å². The summed E-state index contributed by atoms with van der Waals surface area (Å²) < 4.78 is 18.8. The average Bonchev–Trinajstić information content (AvgIpc) is 2.15. The summed E-state index contributed by atoms with van der Waals surface area (Å²) in [5.41, 5.74) is 6.44. The van der Waals surface area contributed by atoms with Crippen LogP contribution in [0.25, 0.3) is 0 Å². The van der Waals surface area contributed by atoms with Crippen LogP contribution in [0.3, 0.4) is 0 Å². The predicted molar refractivity (Wildman–Crippen MR) is 62.2 cm³/mol. The van der Waals surface area contributed by atoms with Crippen LogP contribution in [0.2, 0.25) is 0 Å². The van der Waals surface area contributed by atoms with Gasteiger partial charge in [0.25, 0.3) is 0 Å². The molecule has 0 aliphatic heterocycles. The SMILES string of the molecule is CC(C)OCc1ccc(C(N)=S)cc1F. The summed E-state index contributed by atoms with van der Waals surface area (Å²) in [4.78, 5) is 0.199. The highest BCUT2D eigenvalue weighted by molar-refractivity contribution is 7.80. The molecule has 1 aromatic rings. The van der Waals surface area contributed by atoms with Gasteiger partial charge in [0.2, 0.25) is 0 Å². The average molecular weight is 227 g/mol. The van der Waals surface area contributed by atoms with Gasteiger partial charge in [-0.3, -0.25) is 0 Å². The molecule has 0 bridgehead atoms. The third-order valence-corrected chi connectivity index (χ3v) is 2.15. The van der Waals surface area contributed by atoms with Gasteiger partial charge in [0.1, 0.15) is 10.8 Å². The molecule has 15 heavy (non-hydrogen) atoms. The number of hydrogen-bond donors (Lipinski definition) is 1. The van der Waals surface area contributed by atoms with Crippen LogP contribution in [-0.2, 0) is 11.3 Å². The van der Waals surface area contributed by atoms with E-state index in [9.17, 15) is 4.39 Å². The van der Waals surface area contributed by atoms with Crippen molar-refractivity contribution in [1.82, 2.24) is 0 Å². The molecular formula is C11H14FNOS. The lowest BCUT2D eigenvalue weighted by Crippen LogP contribution is -2.10. The molecule has 2 nitrogen and oxygen atoms in total. The lowest BCUT2D eigenvalue weighted by atomic mass is 10.1. The molecule has 1 rings (SSSR count). The highest BCUT2D eigenvalue weighted by atomic mass is 32.1. The van der Waals surface area contributed by atoms with Crippen LogP contribution in [-0.4, -0.2) is 11.1 Å². The molecule has 0 aliphatic rings. The van der Waals surface area contributed by atoms with Crippen LogP contribution < -0.4 is 5.73 Å². The summed E-state index contributed by atoms with van der Waals surface area (Å²) in [6, 6.07) is 4.68. The van der Waals surface area contributed by atoms with Crippen LogP contribution in [0.15, 0.2) is 18.2 Å². The molecule has 0 radical (unpaired) electrons. The third-order valence-electron chi connectivity index (χ3n) is 1.91. The molecule has 0 aromatic heterocycles. The van der Waals surface area contributed by atoms with Gasteiger partial charge in [-0.25, -0.2) is 4.39 Å². The Morgan fingerprint density at radius 3 is 2.67 bits per heavy atom. The van der Waals surface area contributed by atoms with Gasteiger partial charge in [-0.15, -0.1) is 0 Å². The zero-order valence-corrected chi connectivity index (χ0v) is 9.60. The first-order chi connectivity index (χ1) is 7.00. The fourth-order valence-corrected chi connectivity index (χ4v) is 1.20. The highest BCUT2D eigenvalue weighted by Gasteiger charge is 2.06. The largest absolute Gasteiger partial charge is 0.389 e. The first-order valence-corrected chi connectivity index (χ1v) is 5.11. The molecule has 1 aromatic carbocycles. The molecule has 0 amide bonds. The zero-order chi connectivity index (χ0) is 11.4. The number of nitrogens with two attached hydrogens (primary N) is 1. The molecule has 0 aliphatic carbocycles. The van der Waals surface area contributed by atoms with Crippen LogP contribution in [0.1, 0.15) is 25.0 Å². The van der Waals surface area contributed by atoms with Gasteiger partial charge in [-0.2, -0.15) is 0 Å². The van der Waals surface area contributed by atoms with E-state index in [1.807, 2.05) is 13.8 Å². The van der Waals surface area contributed by atoms with E-state index in [-0.39, 0.29) is 23.5 Å². The lowest BCUT2D eigenvalue weighted by Gasteiger charge is -2.09. The molecule has 0 saturated carbocycles. The molecule has 0 saturated heterocycles. The quantitative estimate of drug-likeness (QED) is 0.802. The molecule has 0 fully saturated rings. The molecule has 0 spiro atoms. The Hall–Kier alpha value is -1.00. The van der Waals surface area contributed by atoms with E-state index in [1.165, 1.54) is 6.07 Å². The molecular weight excluding hydrogens is 213 g/mol. The molecule has 2 N–H and O–H groups in total. The Bertz CT molecular complexity index is 366. The van der Waals surface area contributed by atoms with Crippen LogP contribution in [0, 0.1) is 5.82 Å². The van der Waals surface area contributed by atoms with Crippen molar-refractivity contribution in [1.29, 1.82) is 0 Å². The van der Waals surface area contributed by atoms with Gasteiger partial charge >= 0.3 is 0 Å². The number of rotatable bonds is 4. The highest BCUT2D eigenvalue weighted by Crippen LogP contribution is 2.12. The number of ether oxygens (including phenoxy) is 1. The maximum atomic E-state index is 13.5. The van der Waals surface area contributed by atoms with Crippen molar-refractivity contribution in [3.63, 3.8) is 0 Å². The maximum Gasteiger partial charge on any atom is 0.129 e. The van der Waals surface area contributed by atoms with E-state index in [4.69, 9.17) is 22.7 Å². The lowest BCUT2D eigenvalue weighted by molar-refractivity contribution is 0.0639. The van der Waals surface area contributed by atoms with Gasteiger partial charge in [0.15, 0.2) is 0 Å². The molecule has 0 atom stereocenters. The Labute approximate surface area is 94.2 Å². The fourth-order valence-electron chi connectivity index (χ4n) is 1.07. The molecule has 0 unspecified atom stereocenters. The molecule has 82 valence electrons. The smallest absolute Gasteiger partial charge is 0.129 e. The van der Waals surface area contributed by atoms with Crippen molar-refractivity contribution in [2.75, 3.05) is 0 Å². The Kier molecular flexibility index (Phi) is 4.17. The summed E-state index contributed by atoms with van der Waals surface area (Å²) in [5.74, 6) is -0.332. The summed E-state index contributed by atoms with van der Waals surface area (Å²) in [7, 11) is 0. The number of hydrogen-bond acceptors (Lipinski definition) is 2. The van der Waals surface area contributed by atoms with Crippen LogP contribution in [0.5, 0.6) is 0 Å². The summed E-state index contributed by atoms with van der Waals surface area (Å²) in [5, 5.41) is 0. The Morgan fingerprint density at radius 2 is 2.20 bits per heavy atom. The van der Waals surface area contributed by atoms with Crippen molar-refractivity contribution in [3.8, 4) is 0 Å². The van der Waals surface area contributed by atoms with E-state index in [2.05, 4.69) is 0 Å². The second kappa shape index (κ2) is 5.19. The van der Waals surface area contributed by atoms with Crippen LogP contribution in [0.4, 0.5) is 4.39 Å². The van der Waals surface area contributed by atoms with Crippen molar-refractivity contribution in [3.05, 3.63) is 35.1 Å². The van der Waals surface area contributed by atoms with Crippen molar-refractivity contribution < 1.29 is 9.13 Å². The summed E-state index contributed by atoms with van der Waals surface area (Å²) in [6.07, 6.45) is 0.0830. The Balaban J connectivity index is 2.79. The molecule has 0 heterocycles. The monoisotopic (exact) mass is 227 g/mol. The first-order valence-electron chi connectivity index (χ1n) is 4.70. The minimum atomic E-state index is -0.332. The molecule has 4 heteroatoms. The van der Waals surface area contributed by atoms with E-state index in [0.717, 1.165) is 0 Å². The van der Waals surface area contributed by atoms with E-state index in [1.54, 1.807) is 12.1 Å². The third kappa shape index (κ3) is 3.57.